The average Bonchev–Trinajstić information content (AvgIpc) is 2.33. The van der Waals surface area contributed by atoms with Gasteiger partial charge < -0.3 is 10.2 Å². The molecule has 0 aliphatic rings. The lowest BCUT2D eigenvalue weighted by Gasteiger charge is -2.33. The standard InChI is InChI=1S/C13H25F3N2O/c1-5-11(6-2)18(9-13(14,15)16)12(19)10(4)8-17-7-3/h10-11,17H,5-9H2,1-4H3. The van der Waals surface area contributed by atoms with Crippen LogP contribution in [0.15, 0.2) is 0 Å². The van der Waals surface area contributed by atoms with Crippen LogP contribution in [0.2, 0.25) is 0 Å². The van der Waals surface area contributed by atoms with Gasteiger partial charge in [0.1, 0.15) is 6.54 Å². The van der Waals surface area contributed by atoms with Crippen molar-refractivity contribution in [2.45, 2.75) is 52.8 Å². The van der Waals surface area contributed by atoms with Crippen molar-refractivity contribution >= 4 is 5.91 Å². The van der Waals surface area contributed by atoms with E-state index in [1.165, 1.54) is 0 Å². The van der Waals surface area contributed by atoms with Gasteiger partial charge in [0.2, 0.25) is 5.91 Å². The Labute approximate surface area is 113 Å². The zero-order valence-electron chi connectivity index (χ0n) is 12.2. The molecule has 0 rings (SSSR count). The SMILES string of the molecule is CCNCC(C)C(=O)N(CC(F)(F)F)C(CC)CC. The number of hydrogen-bond donors (Lipinski definition) is 1. The second-order valence-corrected chi connectivity index (χ2v) is 4.76. The molecule has 1 unspecified atom stereocenters. The molecule has 0 saturated carbocycles. The van der Waals surface area contributed by atoms with E-state index in [0.29, 0.717) is 25.9 Å². The van der Waals surface area contributed by atoms with E-state index < -0.39 is 24.5 Å². The highest BCUT2D eigenvalue weighted by molar-refractivity contribution is 5.79. The van der Waals surface area contributed by atoms with E-state index in [9.17, 15) is 18.0 Å². The van der Waals surface area contributed by atoms with Gasteiger partial charge in [-0.1, -0.05) is 27.7 Å². The summed E-state index contributed by atoms with van der Waals surface area (Å²) in [7, 11) is 0. The lowest BCUT2D eigenvalue weighted by molar-refractivity contribution is -0.168. The van der Waals surface area contributed by atoms with E-state index in [0.717, 1.165) is 4.90 Å². The van der Waals surface area contributed by atoms with Crippen molar-refractivity contribution in [3.63, 3.8) is 0 Å². The lowest BCUT2D eigenvalue weighted by Crippen LogP contribution is -2.48. The van der Waals surface area contributed by atoms with Crippen molar-refractivity contribution < 1.29 is 18.0 Å². The molecule has 0 aliphatic carbocycles. The minimum absolute atomic E-state index is 0.349. The summed E-state index contributed by atoms with van der Waals surface area (Å²) in [4.78, 5) is 13.2. The molecule has 0 bridgehead atoms. The lowest BCUT2D eigenvalue weighted by atomic mass is 10.1. The fraction of sp³-hybridized carbons (Fsp3) is 0.923. The minimum atomic E-state index is -4.35. The van der Waals surface area contributed by atoms with Gasteiger partial charge in [0.05, 0.1) is 0 Å². The van der Waals surface area contributed by atoms with Crippen molar-refractivity contribution in [2.75, 3.05) is 19.6 Å². The van der Waals surface area contributed by atoms with Crippen LogP contribution in [-0.2, 0) is 4.79 Å². The van der Waals surface area contributed by atoms with Crippen LogP contribution in [0.4, 0.5) is 13.2 Å². The molecule has 1 atom stereocenters. The maximum atomic E-state index is 12.6. The highest BCUT2D eigenvalue weighted by atomic mass is 19.4. The number of carbonyl (C=O) groups excluding carboxylic acids is 1. The highest BCUT2D eigenvalue weighted by Gasteiger charge is 2.36. The molecular formula is C13H25F3N2O. The third-order valence-electron chi connectivity index (χ3n) is 3.14. The zero-order chi connectivity index (χ0) is 15.1. The van der Waals surface area contributed by atoms with E-state index in [-0.39, 0.29) is 6.04 Å². The summed E-state index contributed by atoms with van der Waals surface area (Å²) in [5.74, 6) is -0.866. The van der Waals surface area contributed by atoms with Crippen molar-refractivity contribution in [3.05, 3.63) is 0 Å². The van der Waals surface area contributed by atoms with Crippen molar-refractivity contribution in [2.24, 2.45) is 5.92 Å². The summed E-state index contributed by atoms with van der Waals surface area (Å²) in [6, 6.07) is -0.349. The summed E-state index contributed by atoms with van der Waals surface area (Å²) in [6.07, 6.45) is -3.28. The van der Waals surface area contributed by atoms with E-state index in [1.807, 2.05) is 6.92 Å². The zero-order valence-corrected chi connectivity index (χ0v) is 12.2. The quantitative estimate of drug-likeness (QED) is 0.742. The van der Waals surface area contributed by atoms with Gasteiger partial charge in [0.15, 0.2) is 0 Å². The minimum Gasteiger partial charge on any atom is -0.330 e. The molecule has 0 heterocycles. The molecular weight excluding hydrogens is 257 g/mol. The Morgan fingerprint density at radius 3 is 2.11 bits per heavy atom. The second-order valence-electron chi connectivity index (χ2n) is 4.76. The molecule has 19 heavy (non-hydrogen) atoms. The Morgan fingerprint density at radius 2 is 1.74 bits per heavy atom. The Kier molecular flexibility index (Phi) is 8.06. The fourth-order valence-electron chi connectivity index (χ4n) is 2.04. The van der Waals surface area contributed by atoms with Crippen LogP contribution in [0.25, 0.3) is 0 Å². The Bertz CT molecular complexity index is 265. The first kappa shape index (κ1) is 18.2. The summed E-state index contributed by atoms with van der Waals surface area (Å²) in [5, 5.41) is 2.99. The molecule has 0 aromatic carbocycles. The number of amides is 1. The Hall–Kier alpha value is -0.780. The Morgan fingerprint density at radius 1 is 1.21 bits per heavy atom. The molecule has 6 heteroatoms. The van der Waals surface area contributed by atoms with Crippen molar-refractivity contribution in [3.8, 4) is 0 Å². The summed E-state index contributed by atoms with van der Waals surface area (Å²) >= 11 is 0. The largest absolute Gasteiger partial charge is 0.406 e. The van der Waals surface area contributed by atoms with Crippen molar-refractivity contribution in [1.82, 2.24) is 10.2 Å². The molecule has 0 aromatic heterocycles. The first-order valence-corrected chi connectivity index (χ1v) is 6.84. The molecule has 1 amide bonds. The van der Waals surface area contributed by atoms with E-state index in [2.05, 4.69) is 5.32 Å². The van der Waals surface area contributed by atoms with Gasteiger partial charge in [0.25, 0.3) is 0 Å². The first-order chi connectivity index (χ1) is 8.76. The van der Waals surface area contributed by atoms with Crippen LogP contribution in [0.5, 0.6) is 0 Å². The molecule has 1 N–H and O–H groups in total. The normalized spacial score (nSPS) is 13.7. The van der Waals surface area contributed by atoms with E-state index in [1.54, 1.807) is 20.8 Å². The highest BCUT2D eigenvalue weighted by Crippen LogP contribution is 2.22. The first-order valence-electron chi connectivity index (χ1n) is 6.84. The molecule has 3 nitrogen and oxygen atoms in total. The summed E-state index contributed by atoms with van der Waals surface area (Å²) < 4.78 is 37.8. The monoisotopic (exact) mass is 282 g/mol. The molecule has 0 fully saturated rings. The number of carbonyl (C=O) groups is 1. The van der Waals surface area contributed by atoms with Gasteiger partial charge in [0, 0.05) is 18.5 Å². The van der Waals surface area contributed by atoms with Crippen LogP contribution >= 0.6 is 0 Å². The third-order valence-corrected chi connectivity index (χ3v) is 3.14. The molecule has 0 radical (unpaired) electrons. The van der Waals surface area contributed by atoms with Gasteiger partial charge in [-0.05, 0) is 19.4 Å². The fourth-order valence-corrected chi connectivity index (χ4v) is 2.04. The number of alkyl halides is 3. The van der Waals surface area contributed by atoms with Gasteiger partial charge in [-0.25, -0.2) is 0 Å². The molecule has 0 aromatic rings. The van der Waals surface area contributed by atoms with Crippen LogP contribution in [0.3, 0.4) is 0 Å². The number of hydrogen-bond acceptors (Lipinski definition) is 2. The maximum Gasteiger partial charge on any atom is 0.406 e. The van der Waals surface area contributed by atoms with Crippen LogP contribution in [0, 0.1) is 5.92 Å². The topological polar surface area (TPSA) is 32.3 Å². The van der Waals surface area contributed by atoms with Crippen LogP contribution in [0.1, 0.15) is 40.5 Å². The van der Waals surface area contributed by atoms with E-state index in [4.69, 9.17) is 0 Å². The number of nitrogens with one attached hydrogen (secondary N) is 1. The molecule has 0 saturated heterocycles. The number of nitrogens with zero attached hydrogens (tertiary/aromatic N) is 1. The van der Waals surface area contributed by atoms with Gasteiger partial charge in [-0.15, -0.1) is 0 Å². The molecule has 0 spiro atoms. The Balaban J connectivity index is 4.85. The van der Waals surface area contributed by atoms with Crippen LogP contribution < -0.4 is 5.32 Å². The van der Waals surface area contributed by atoms with Gasteiger partial charge >= 0.3 is 6.18 Å². The predicted octanol–water partition coefficient (Wildman–Crippen LogP) is 2.81. The smallest absolute Gasteiger partial charge is 0.330 e. The number of halogens is 3. The third kappa shape index (κ3) is 6.80. The summed E-state index contributed by atoms with van der Waals surface area (Å²) in [5.41, 5.74) is 0. The molecule has 114 valence electrons. The van der Waals surface area contributed by atoms with Gasteiger partial charge in [-0.2, -0.15) is 13.2 Å². The van der Waals surface area contributed by atoms with Crippen molar-refractivity contribution in [1.29, 1.82) is 0 Å². The van der Waals surface area contributed by atoms with Gasteiger partial charge in [-0.3, -0.25) is 4.79 Å². The predicted molar refractivity (Wildman–Crippen MR) is 69.8 cm³/mol. The summed E-state index contributed by atoms with van der Waals surface area (Å²) in [6.45, 7) is 7.11. The maximum absolute atomic E-state index is 12.6. The molecule has 0 aliphatic heterocycles. The van der Waals surface area contributed by atoms with Crippen LogP contribution in [-0.4, -0.2) is 42.7 Å². The number of rotatable bonds is 8. The average molecular weight is 282 g/mol. The second kappa shape index (κ2) is 8.40. The van der Waals surface area contributed by atoms with E-state index >= 15 is 0 Å².